The quantitative estimate of drug-likeness (QED) is 0.578. The number of hydrogen-bond acceptors (Lipinski definition) is 4. The first-order valence-corrected chi connectivity index (χ1v) is 8.94. The third kappa shape index (κ3) is 3.36. The molecule has 2 heterocycles. The summed E-state index contributed by atoms with van der Waals surface area (Å²) in [7, 11) is 0. The van der Waals surface area contributed by atoms with Gasteiger partial charge in [-0.2, -0.15) is 5.10 Å². The third-order valence-electron chi connectivity index (χ3n) is 4.44. The van der Waals surface area contributed by atoms with Crippen LogP contribution in [0.3, 0.4) is 0 Å². The lowest BCUT2D eigenvalue weighted by molar-refractivity contribution is 0.0952. The van der Waals surface area contributed by atoms with Crippen LogP contribution >= 0.6 is 0 Å². The van der Waals surface area contributed by atoms with Crippen molar-refractivity contribution in [2.75, 3.05) is 0 Å². The minimum atomic E-state index is -0.314. The molecule has 0 unspecified atom stereocenters. The van der Waals surface area contributed by atoms with E-state index in [9.17, 15) is 9.18 Å². The molecule has 142 valence electrons. The fourth-order valence-corrected chi connectivity index (χ4v) is 3.05. The summed E-state index contributed by atoms with van der Waals surface area (Å²) in [5, 5.41) is 16.1. The molecule has 0 aliphatic rings. The van der Waals surface area contributed by atoms with Gasteiger partial charge in [0.2, 0.25) is 0 Å². The van der Waals surface area contributed by atoms with E-state index >= 15 is 0 Å². The van der Waals surface area contributed by atoms with Crippen LogP contribution in [-0.4, -0.2) is 30.7 Å². The Morgan fingerprint density at radius 1 is 1.18 bits per heavy atom. The number of amides is 1. The molecule has 2 aromatic heterocycles. The predicted molar refractivity (Wildman–Crippen MR) is 103 cm³/mol. The van der Waals surface area contributed by atoms with Gasteiger partial charge in [-0.3, -0.25) is 9.48 Å². The largest absolute Gasteiger partial charge is 0.346 e. The first-order valence-electron chi connectivity index (χ1n) is 8.94. The van der Waals surface area contributed by atoms with Gasteiger partial charge in [0, 0.05) is 11.4 Å². The summed E-state index contributed by atoms with van der Waals surface area (Å²) in [6.45, 7) is 4.32. The standard InChI is InChI=1S/C20H19FN6O/c1-13(2)27-19-5-3-4-17(18(19)11-23-27)20(28)22-10-15-12-26(25-24-15)16-8-6-14(21)7-9-16/h3-9,11-13H,10H2,1-2H3,(H,22,28). The molecule has 0 saturated carbocycles. The van der Waals surface area contributed by atoms with Crippen LogP contribution in [0.15, 0.2) is 54.9 Å². The lowest BCUT2D eigenvalue weighted by Crippen LogP contribution is -2.23. The van der Waals surface area contributed by atoms with Gasteiger partial charge >= 0.3 is 0 Å². The summed E-state index contributed by atoms with van der Waals surface area (Å²) in [4.78, 5) is 12.7. The van der Waals surface area contributed by atoms with E-state index < -0.39 is 0 Å². The Morgan fingerprint density at radius 3 is 2.71 bits per heavy atom. The number of carbonyl (C=O) groups excluding carboxylic acids is 1. The highest BCUT2D eigenvalue weighted by Gasteiger charge is 2.14. The molecule has 1 N–H and O–H groups in total. The van der Waals surface area contributed by atoms with Crippen LogP contribution in [0.2, 0.25) is 0 Å². The monoisotopic (exact) mass is 378 g/mol. The molecule has 0 atom stereocenters. The zero-order valence-corrected chi connectivity index (χ0v) is 15.5. The van der Waals surface area contributed by atoms with E-state index in [-0.39, 0.29) is 24.3 Å². The Labute approximate surface area is 160 Å². The van der Waals surface area contributed by atoms with Crippen LogP contribution in [0.1, 0.15) is 35.9 Å². The Kier molecular flexibility index (Phi) is 4.60. The van der Waals surface area contributed by atoms with Crippen molar-refractivity contribution in [2.24, 2.45) is 0 Å². The second-order valence-electron chi connectivity index (χ2n) is 6.73. The van der Waals surface area contributed by atoms with E-state index in [1.807, 2.05) is 30.7 Å². The number of rotatable bonds is 5. The van der Waals surface area contributed by atoms with Crippen LogP contribution in [0, 0.1) is 5.82 Å². The minimum absolute atomic E-state index is 0.203. The highest BCUT2D eigenvalue weighted by molar-refractivity contribution is 6.06. The predicted octanol–water partition coefficient (Wildman–Crippen LogP) is 3.27. The van der Waals surface area contributed by atoms with Gasteiger partial charge in [-0.25, -0.2) is 9.07 Å². The van der Waals surface area contributed by atoms with Crippen LogP contribution in [0.5, 0.6) is 0 Å². The number of nitrogens with zero attached hydrogens (tertiary/aromatic N) is 5. The lowest BCUT2D eigenvalue weighted by atomic mass is 10.1. The van der Waals surface area contributed by atoms with Gasteiger partial charge in [0.25, 0.3) is 5.91 Å². The van der Waals surface area contributed by atoms with Crippen molar-refractivity contribution < 1.29 is 9.18 Å². The first kappa shape index (κ1) is 17.8. The number of aromatic nitrogens is 5. The van der Waals surface area contributed by atoms with Crippen LogP contribution < -0.4 is 5.32 Å². The molecule has 4 rings (SSSR count). The van der Waals surface area contributed by atoms with Crippen molar-refractivity contribution in [2.45, 2.75) is 26.4 Å². The summed E-state index contributed by atoms with van der Waals surface area (Å²) in [5.74, 6) is -0.517. The number of fused-ring (bicyclic) bond motifs is 1. The van der Waals surface area contributed by atoms with Gasteiger partial charge in [-0.15, -0.1) is 5.10 Å². The average molecular weight is 378 g/mol. The normalized spacial score (nSPS) is 11.3. The van der Waals surface area contributed by atoms with Crippen molar-refractivity contribution in [3.8, 4) is 5.69 Å². The van der Waals surface area contributed by atoms with Gasteiger partial charge in [0.1, 0.15) is 11.5 Å². The van der Waals surface area contributed by atoms with Gasteiger partial charge in [-0.05, 0) is 50.2 Å². The Bertz CT molecular complexity index is 1130. The van der Waals surface area contributed by atoms with Crippen LogP contribution in [0.25, 0.3) is 16.6 Å². The maximum Gasteiger partial charge on any atom is 0.252 e. The highest BCUT2D eigenvalue weighted by atomic mass is 19.1. The molecule has 8 heteroatoms. The Hall–Kier alpha value is -3.55. The third-order valence-corrected chi connectivity index (χ3v) is 4.44. The van der Waals surface area contributed by atoms with Crippen molar-refractivity contribution in [3.05, 3.63) is 71.9 Å². The minimum Gasteiger partial charge on any atom is -0.346 e. The van der Waals surface area contributed by atoms with Gasteiger partial charge in [0.15, 0.2) is 0 Å². The molecule has 0 fully saturated rings. The van der Waals surface area contributed by atoms with Crippen LogP contribution in [-0.2, 0) is 6.54 Å². The number of halogens is 1. The van der Waals surface area contributed by atoms with E-state index in [1.165, 1.54) is 16.8 Å². The zero-order valence-electron chi connectivity index (χ0n) is 15.5. The van der Waals surface area contributed by atoms with Crippen molar-refractivity contribution in [3.63, 3.8) is 0 Å². The second kappa shape index (κ2) is 7.22. The summed E-state index contributed by atoms with van der Waals surface area (Å²) >= 11 is 0. The molecule has 28 heavy (non-hydrogen) atoms. The maximum absolute atomic E-state index is 13.0. The molecule has 0 bridgehead atoms. The molecule has 0 spiro atoms. The smallest absolute Gasteiger partial charge is 0.252 e. The topological polar surface area (TPSA) is 77.6 Å². The number of benzene rings is 2. The van der Waals surface area contributed by atoms with E-state index in [4.69, 9.17) is 0 Å². The van der Waals surface area contributed by atoms with Crippen molar-refractivity contribution in [1.29, 1.82) is 0 Å². The molecule has 4 aromatic rings. The zero-order chi connectivity index (χ0) is 19.7. The van der Waals surface area contributed by atoms with Gasteiger partial charge in [-0.1, -0.05) is 11.3 Å². The molecule has 1 amide bonds. The van der Waals surface area contributed by atoms with Gasteiger partial charge < -0.3 is 5.32 Å². The second-order valence-corrected chi connectivity index (χ2v) is 6.73. The molecule has 7 nitrogen and oxygen atoms in total. The summed E-state index contributed by atoms with van der Waals surface area (Å²) in [6, 6.07) is 11.7. The number of carbonyl (C=O) groups is 1. The number of nitrogens with one attached hydrogen (secondary N) is 1. The molecular formula is C20H19FN6O. The van der Waals surface area contributed by atoms with E-state index in [0.717, 1.165) is 10.9 Å². The van der Waals surface area contributed by atoms with Crippen LogP contribution in [0.4, 0.5) is 4.39 Å². The molecule has 0 aliphatic carbocycles. The summed E-state index contributed by atoms with van der Waals surface area (Å²) in [5.41, 5.74) is 2.78. The molecular weight excluding hydrogens is 359 g/mol. The summed E-state index contributed by atoms with van der Waals surface area (Å²) in [6.07, 6.45) is 3.42. The van der Waals surface area contributed by atoms with E-state index in [0.29, 0.717) is 16.9 Å². The Morgan fingerprint density at radius 2 is 1.96 bits per heavy atom. The highest BCUT2D eigenvalue weighted by Crippen LogP contribution is 2.21. The lowest BCUT2D eigenvalue weighted by Gasteiger charge is -2.08. The summed E-state index contributed by atoms with van der Waals surface area (Å²) < 4.78 is 16.5. The van der Waals surface area contributed by atoms with Crippen molar-refractivity contribution >= 4 is 16.8 Å². The maximum atomic E-state index is 13.0. The SMILES string of the molecule is CC(C)n1ncc2c(C(=O)NCc3cn(-c4ccc(F)cc4)nn3)cccc21. The molecule has 0 aliphatic heterocycles. The van der Waals surface area contributed by atoms with Gasteiger partial charge in [0.05, 0.1) is 35.7 Å². The molecule has 0 saturated heterocycles. The number of hydrogen-bond donors (Lipinski definition) is 1. The molecule has 2 aromatic carbocycles. The Balaban J connectivity index is 1.49. The van der Waals surface area contributed by atoms with E-state index in [2.05, 4.69) is 20.7 Å². The first-order chi connectivity index (χ1) is 13.5. The van der Waals surface area contributed by atoms with Crippen molar-refractivity contribution in [1.82, 2.24) is 30.1 Å². The average Bonchev–Trinajstić information content (AvgIpc) is 3.33. The van der Waals surface area contributed by atoms with E-state index in [1.54, 1.807) is 30.6 Å². The fraction of sp³-hybridized carbons (Fsp3) is 0.200. The molecule has 0 radical (unpaired) electrons. The fourth-order valence-electron chi connectivity index (χ4n) is 3.05.